The summed E-state index contributed by atoms with van der Waals surface area (Å²) >= 11 is 0. The van der Waals surface area contributed by atoms with Gasteiger partial charge in [0.05, 0.1) is 24.4 Å². The summed E-state index contributed by atoms with van der Waals surface area (Å²) in [5.41, 5.74) is 2.99. The van der Waals surface area contributed by atoms with Crippen molar-refractivity contribution in [2.45, 2.75) is 78.4 Å². The van der Waals surface area contributed by atoms with Gasteiger partial charge in [-0.25, -0.2) is 0 Å². The number of carbonyl (C=O) groups is 2. The van der Waals surface area contributed by atoms with Crippen molar-refractivity contribution in [2.24, 2.45) is 11.8 Å². The van der Waals surface area contributed by atoms with Crippen LogP contribution in [0.3, 0.4) is 0 Å². The predicted molar refractivity (Wildman–Crippen MR) is 151 cm³/mol. The maximum absolute atomic E-state index is 13.2. The zero-order chi connectivity index (χ0) is 27.8. The fraction of sp³-hybridized carbons (Fsp3) is 0.633. The van der Waals surface area contributed by atoms with Gasteiger partial charge in [0, 0.05) is 18.7 Å². The van der Waals surface area contributed by atoms with Crippen molar-refractivity contribution >= 4 is 11.8 Å². The van der Waals surface area contributed by atoms with E-state index in [4.69, 9.17) is 0 Å². The molecule has 3 atom stereocenters. The molecule has 210 valence electrons. The first kappa shape index (κ1) is 29.8. The molecule has 4 rings (SSSR count). The molecule has 38 heavy (non-hydrogen) atoms. The first-order valence-electron chi connectivity index (χ1n) is 14.3. The van der Waals surface area contributed by atoms with E-state index >= 15 is 0 Å². The number of piperidine rings is 1. The predicted octanol–water partition coefficient (Wildman–Crippen LogP) is 4.28. The Morgan fingerprint density at radius 3 is 2.29 bits per heavy atom. The molecule has 2 amide bonds. The van der Waals surface area contributed by atoms with Gasteiger partial charge in [-0.05, 0) is 68.9 Å². The minimum Gasteiger partial charge on any atom is -0.394 e. The first-order valence-corrected chi connectivity index (χ1v) is 14.3. The normalized spacial score (nSPS) is 20.1. The Kier molecular flexibility index (Phi) is 10.9. The van der Waals surface area contributed by atoms with Crippen LogP contribution in [0.5, 0.6) is 0 Å². The maximum atomic E-state index is 13.2. The summed E-state index contributed by atoms with van der Waals surface area (Å²) in [6.07, 6.45) is 5.49. The van der Waals surface area contributed by atoms with Gasteiger partial charge in [-0.1, -0.05) is 58.9 Å². The number of nitrogens with zero attached hydrogens (tertiary/aromatic N) is 4. The quantitative estimate of drug-likeness (QED) is 0.537. The molecule has 1 aromatic carbocycles. The molecule has 2 fully saturated rings. The lowest BCUT2D eigenvalue weighted by atomic mass is 9.96. The van der Waals surface area contributed by atoms with Crippen molar-refractivity contribution in [3.05, 3.63) is 42.1 Å². The molecule has 2 aliphatic heterocycles. The van der Waals surface area contributed by atoms with Crippen molar-refractivity contribution in [1.29, 1.82) is 0 Å². The lowest BCUT2D eigenvalue weighted by Gasteiger charge is -2.30. The van der Waals surface area contributed by atoms with Gasteiger partial charge in [-0.3, -0.25) is 14.3 Å². The average molecular weight is 526 g/mol. The summed E-state index contributed by atoms with van der Waals surface area (Å²) in [5, 5.41) is 17.7. The molecule has 2 aliphatic rings. The zero-order valence-corrected chi connectivity index (χ0v) is 24.1. The van der Waals surface area contributed by atoms with E-state index in [1.807, 2.05) is 71.1 Å². The summed E-state index contributed by atoms with van der Waals surface area (Å²) < 4.78 is 2.14. The molecule has 2 aromatic rings. The highest BCUT2D eigenvalue weighted by Crippen LogP contribution is 2.29. The lowest BCUT2D eigenvalue weighted by molar-refractivity contribution is -0.142. The highest BCUT2D eigenvalue weighted by atomic mass is 16.3. The van der Waals surface area contributed by atoms with Gasteiger partial charge in [0.1, 0.15) is 6.04 Å². The minimum atomic E-state index is -0.523. The second-order valence-corrected chi connectivity index (χ2v) is 10.8. The summed E-state index contributed by atoms with van der Waals surface area (Å²) in [6, 6.07) is 9.42. The standard InChI is InChI=1S/C28H41N5O3.C2H6/c1-19(2)20(3)28(36)32-15-5-6-26(32)27(35)30-24(18-34)21-7-9-22(10-8-21)25-11-14-29-33(25)23-12-16-31(4)17-13-23;1-2/h7-11,14,19-20,23-24,26,34H,5-6,12-13,15-18H2,1-4H3,(H,30,35);1-2H3. The Balaban J connectivity index is 0.00000195. The summed E-state index contributed by atoms with van der Waals surface area (Å²) in [5.74, 6) is -0.0575. The van der Waals surface area contributed by atoms with Crippen LogP contribution < -0.4 is 5.32 Å². The molecule has 1 aromatic heterocycles. The molecular formula is C30H47N5O3. The molecule has 8 heteroatoms. The molecule has 0 spiro atoms. The number of rotatable bonds is 8. The van der Waals surface area contributed by atoms with Gasteiger partial charge < -0.3 is 20.2 Å². The highest BCUT2D eigenvalue weighted by Gasteiger charge is 2.37. The smallest absolute Gasteiger partial charge is 0.243 e. The monoisotopic (exact) mass is 525 g/mol. The van der Waals surface area contributed by atoms with Gasteiger partial charge >= 0.3 is 0 Å². The molecule has 0 radical (unpaired) electrons. The molecule has 0 aliphatic carbocycles. The third-order valence-electron chi connectivity index (χ3n) is 8.04. The fourth-order valence-electron chi connectivity index (χ4n) is 5.31. The number of likely N-dealkylation sites (tertiary alicyclic amines) is 2. The topological polar surface area (TPSA) is 90.7 Å². The van der Waals surface area contributed by atoms with E-state index in [9.17, 15) is 14.7 Å². The van der Waals surface area contributed by atoms with Crippen LogP contribution in [0.25, 0.3) is 11.3 Å². The number of amides is 2. The SMILES string of the molecule is CC.CC(C)C(C)C(=O)N1CCCC1C(=O)NC(CO)c1ccc(-c2ccnn2C2CCN(C)CC2)cc1. The van der Waals surface area contributed by atoms with Gasteiger partial charge in [-0.2, -0.15) is 5.10 Å². The largest absolute Gasteiger partial charge is 0.394 e. The molecule has 2 saturated heterocycles. The molecular weight excluding hydrogens is 478 g/mol. The van der Waals surface area contributed by atoms with E-state index in [2.05, 4.69) is 27.0 Å². The van der Waals surface area contributed by atoms with Crippen LogP contribution in [0, 0.1) is 11.8 Å². The molecule has 0 saturated carbocycles. The van der Waals surface area contributed by atoms with Crippen molar-refractivity contribution < 1.29 is 14.7 Å². The Bertz CT molecular complexity index is 1030. The summed E-state index contributed by atoms with van der Waals surface area (Å²) in [4.78, 5) is 30.2. The van der Waals surface area contributed by atoms with E-state index in [1.165, 1.54) is 0 Å². The molecule has 3 unspecified atom stereocenters. The Labute approximate surface area is 228 Å². The third-order valence-corrected chi connectivity index (χ3v) is 8.04. The molecule has 0 bridgehead atoms. The zero-order valence-electron chi connectivity index (χ0n) is 24.1. The number of carbonyl (C=O) groups excluding carboxylic acids is 2. The summed E-state index contributed by atoms with van der Waals surface area (Å²) in [7, 11) is 2.16. The Hall–Kier alpha value is -2.71. The van der Waals surface area contributed by atoms with E-state index in [-0.39, 0.29) is 30.3 Å². The van der Waals surface area contributed by atoms with Gasteiger partial charge in [0.2, 0.25) is 11.8 Å². The number of hydrogen-bond donors (Lipinski definition) is 2. The van der Waals surface area contributed by atoms with Crippen LogP contribution >= 0.6 is 0 Å². The van der Waals surface area contributed by atoms with E-state index < -0.39 is 12.1 Å². The Morgan fingerprint density at radius 1 is 1.03 bits per heavy atom. The van der Waals surface area contributed by atoms with Crippen LogP contribution in [0.15, 0.2) is 36.5 Å². The first-order chi connectivity index (χ1) is 18.3. The van der Waals surface area contributed by atoms with Crippen LogP contribution in [0.1, 0.15) is 77.9 Å². The second-order valence-electron chi connectivity index (χ2n) is 10.8. The summed E-state index contributed by atoms with van der Waals surface area (Å²) in [6.45, 7) is 12.5. The van der Waals surface area contributed by atoms with Crippen LogP contribution in [0.4, 0.5) is 0 Å². The van der Waals surface area contributed by atoms with Crippen LogP contribution in [0.2, 0.25) is 0 Å². The molecule has 3 heterocycles. The second kappa shape index (κ2) is 13.9. The van der Waals surface area contributed by atoms with Gasteiger partial charge in [0.25, 0.3) is 0 Å². The Morgan fingerprint density at radius 2 is 1.68 bits per heavy atom. The van der Waals surface area contributed by atoms with Gasteiger partial charge in [0.15, 0.2) is 0 Å². The third kappa shape index (κ3) is 6.83. The molecule has 8 nitrogen and oxygen atoms in total. The fourth-order valence-corrected chi connectivity index (χ4v) is 5.31. The van der Waals surface area contributed by atoms with Crippen molar-refractivity contribution in [2.75, 3.05) is 33.3 Å². The molecule has 2 N–H and O–H groups in total. The number of aliphatic hydroxyl groups excluding tert-OH is 1. The van der Waals surface area contributed by atoms with Crippen molar-refractivity contribution in [1.82, 2.24) is 24.9 Å². The minimum absolute atomic E-state index is 0.0359. The van der Waals surface area contributed by atoms with Crippen molar-refractivity contribution in [3.63, 3.8) is 0 Å². The number of aliphatic hydroxyl groups is 1. The van der Waals surface area contributed by atoms with Crippen molar-refractivity contribution in [3.8, 4) is 11.3 Å². The number of benzene rings is 1. The number of hydrogen-bond acceptors (Lipinski definition) is 5. The van der Waals surface area contributed by atoms with Crippen LogP contribution in [-0.4, -0.2) is 75.8 Å². The van der Waals surface area contributed by atoms with E-state index in [1.54, 1.807) is 4.90 Å². The highest BCUT2D eigenvalue weighted by molar-refractivity contribution is 5.89. The van der Waals surface area contributed by atoms with Gasteiger partial charge in [-0.15, -0.1) is 0 Å². The number of nitrogens with one attached hydrogen (secondary N) is 1. The van der Waals surface area contributed by atoms with E-state index in [0.29, 0.717) is 19.0 Å². The van der Waals surface area contributed by atoms with Crippen LogP contribution in [-0.2, 0) is 9.59 Å². The lowest BCUT2D eigenvalue weighted by Crippen LogP contribution is -2.49. The number of aromatic nitrogens is 2. The maximum Gasteiger partial charge on any atom is 0.243 e. The average Bonchev–Trinajstić information content (AvgIpc) is 3.63. The van der Waals surface area contributed by atoms with E-state index in [0.717, 1.165) is 49.2 Å².